The third kappa shape index (κ3) is 4.21. The highest BCUT2D eigenvalue weighted by molar-refractivity contribution is 6.39. The van der Waals surface area contributed by atoms with Crippen LogP contribution in [0.4, 0.5) is 5.69 Å². The number of hydrogen-bond donors (Lipinski definition) is 1. The third-order valence-electron chi connectivity index (χ3n) is 2.59. The molecule has 0 fully saturated rings. The lowest BCUT2D eigenvalue weighted by Gasteiger charge is -2.20. The summed E-state index contributed by atoms with van der Waals surface area (Å²) in [5.74, 6) is -1.20. The minimum Gasteiger partial charge on any atom is -0.331 e. The molecular weight excluding hydrogens is 242 g/mol. The Morgan fingerprint density at radius 1 is 1.47 bits per heavy atom. The predicted octanol–water partition coefficient (Wildman–Crippen LogP) is 1.75. The number of nitrogens with zero attached hydrogens (tertiary/aromatic N) is 2. The van der Waals surface area contributed by atoms with Gasteiger partial charge in [-0.2, -0.15) is 0 Å². The van der Waals surface area contributed by atoms with E-state index in [1.807, 2.05) is 20.8 Å². The van der Waals surface area contributed by atoms with E-state index < -0.39 is 11.8 Å². The lowest BCUT2D eigenvalue weighted by atomic mass is 10.2. The Balaban J connectivity index is 2.74. The molecule has 1 N–H and O–H groups in total. The Bertz CT molecular complexity index is 497. The average molecular weight is 261 g/mol. The molecule has 1 aromatic rings. The summed E-state index contributed by atoms with van der Waals surface area (Å²) in [7, 11) is 0. The second-order valence-corrected chi connectivity index (χ2v) is 4.42. The van der Waals surface area contributed by atoms with Gasteiger partial charge in [-0.3, -0.25) is 14.6 Å². The topological polar surface area (TPSA) is 62.3 Å². The molecule has 2 amide bonds. The quantitative estimate of drug-likeness (QED) is 0.663. The van der Waals surface area contributed by atoms with Gasteiger partial charge >= 0.3 is 11.8 Å². The largest absolute Gasteiger partial charge is 0.331 e. The van der Waals surface area contributed by atoms with E-state index in [1.54, 1.807) is 18.5 Å². The maximum atomic E-state index is 12.0. The van der Waals surface area contributed by atoms with Crippen molar-refractivity contribution >= 4 is 17.5 Å². The molecule has 1 aromatic heterocycles. The fourth-order valence-corrected chi connectivity index (χ4v) is 1.59. The van der Waals surface area contributed by atoms with Gasteiger partial charge in [0.2, 0.25) is 0 Å². The number of aryl methyl sites for hydroxylation is 1. The average Bonchev–Trinajstić information content (AvgIpc) is 2.37. The zero-order chi connectivity index (χ0) is 14.4. The van der Waals surface area contributed by atoms with Crippen LogP contribution in [0, 0.1) is 6.92 Å². The van der Waals surface area contributed by atoms with Gasteiger partial charge in [0.15, 0.2) is 0 Å². The van der Waals surface area contributed by atoms with Gasteiger partial charge in [-0.25, -0.2) is 0 Å². The molecule has 0 unspecified atom stereocenters. The van der Waals surface area contributed by atoms with E-state index >= 15 is 0 Å². The van der Waals surface area contributed by atoms with Crippen molar-refractivity contribution in [3.8, 4) is 0 Å². The summed E-state index contributed by atoms with van der Waals surface area (Å²) in [5, 5.41) is 2.60. The number of hydrogen-bond acceptors (Lipinski definition) is 3. The van der Waals surface area contributed by atoms with Crippen molar-refractivity contribution in [2.75, 3.05) is 18.4 Å². The van der Waals surface area contributed by atoms with E-state index in [0.29, 0.717) is 18.8 Å². The van der Waals surface area contributed by atoms with Crippen LogP contribution in [0.15, 0.2) is 30.6 Å². The summed E-state index contributed by atoms with van der Waals surface area (Å²) in [6, 6.07) is 1.66. The minimum atomic E-state index is -0.641. The number of nitrogens with one attached hydrogen (secondary N) is 1. The normalized spacial score (nSPS) is 9.84. The molecule has 5 heteroatoms. The highest BCUT2D eigenvalue weighted by atomic mass is 16.2. The van der Waals surface area contributed by atoms with Gasteiger partial charge in [-0.1, -0.05) is 12.2 Å². The van der Waals surface area contributed by atoms with Crippen LogP contribution in [0.25, 0.3) is 0 Å². The molecule has 1 heterocycles. The first-order valence-corrected chi connectivity index (χ1v) is 6.11. The maximum Gasteiger partial charge on any atom is 0.313 e. The first-order chi connectivity index (χ1) is 8.95. The van der Waals surface area contributed by atoms with E-state index in [9.17, 15) is 9.59 Å². The van der Waals surface area contributed by atoms with Gasteiger partial charge in [0.05, 0.1) is 0 Å². The fraction of sp³-hybridized carbons (Fsp3) is 0.357. The molecule has 0 radical (unpaired) electrons. The van der Waals surface area contributed by atoms with E-state index in [-0.39, 0.29) is 0 Å². The van der Waals surface area contributed by atoms with Crippen LogP contribution in [0.2, 0.25) is 0 Å². The summed E-state index contributed by atoms with van der Waals surface area (Å²) >= 11 is 0. The number of carbonyl (C=O) groups is 2. The number of rotatable bonds is 4. The van der Waals surface area contributed by atoms with E-state index in [1.165, 1.54) is 4.90 Å². The fourth-order valence-electron chi connectivity index (χ4n) is 1.59. The molecule has 0 spiro atoms. The minimum absolute atomic E-state index is 0.387. The first kappa shape index (κ1) is 14.9. The van der Waals surface area contributed by atoms with Crippen LogP contribution in [0.5, 0.6) is 0 Å². The number of anilines is 1. The number of carbonyl (C=O) groups excluding carboxylic acids is 2. The van der Waals surface area contributed by atoms with Crippen molar-refractivity contribution in [3.05, 3.63) is 36.2 Å². The number of aromatic nitrogens is 1. The van der Waals surface area contributed by atoms with Crippen LogP contribution in [-0.2, 0) is 9.59 Å². The highest BCUT2D eigenvalue weighted by Crippen LogP contribution is 2.11. The summed E-state index contributed by atoms with van der Waals surface area (Å²) in [6.07, 6.45) is 3.20. The van der Waals surface area contributed by atoms with E-state index in [0.717, 1.165) is 11.1 Å². The number of pyridine rings is 1. The van der Waals surface area contributed by atoms with Gasteiger partial charge in [-0.15, -0.1) is 0 Å². The Morgan fingerprint density at radius 3 is 2.68 bits per heavy atom. The molecule has 5 nitrogen and oxygen atoms in total. The SMILES string of the molecule is C=C(C)CN(CC)C(=O)C(=O)Nc1ccncc1C. The first-order valence-electron chi connectivity index (χ1n) is 6.11. The molecule has 0 aliphatic carbocycles. The Morgan fingerprint density at radius 2 is 2.16 bits per heavy atom. The molecule has 0 saturated heterocycles. The van der Waals surface area contributed by atoms with Crippen LogP contribution in [0.3, 0.4) is 0 Å². The van der Waals surface area contributed by atoms with Crippen LogP contribution in [0.1, 0.15) is 19.4 Å². The van der Waals surface area contributed by atoms with E-state index in [4.69, 9.17) is 0 Å². The number of likely N-dealkylation sites (N-methyl/N-ethyl adjacent to an activating group) is 1. The molecule has 1 rings (SSSR count). The standard InChI is InChI=1S/C14H19N3O2/c1-5-17(9-10(2)3)14(19)13(18)16-12-6-7-15-8-11(12)4/h6-8H,2,5,9H2,1,3-4H3,(H,15,16,18). The van der Waals surface area contributed by atoms with Crippen LogP contribution < -0.4 is 5.32 Å². The van der Waals surface area contributed by atoms with E-state index in [2.05, 4.69) is 16.9 Å². The monoisotopic (exact) mass is 261 g/mol. The molecule has 102 valence electrons. The molecule has 0 aliphatic heterocycles. The predicted molar refractivity (Wildman–Crippen MR) is 74.7 cm³/mol. The summed E-state index contributed by atoms with van der Waals surface area (Å²) in [4.78, 5) is 29.3. The molecule has 0 aromatic carbocycles. The lowest BCUT2D eigenvalue weighted by Crippen LogP contribution is -2.40. The second-order valence-electron chi connectivity index (χ2n) is 4.42. The van der Waals surface area contributed by atoms with Gasteiger partial charge in [0, 0.05) is 31.2 Å². The van der Waals surface area contributed by atoms with Crippen molar-refractivity contribution in [1.82, 2.24) is 9.88 Å². The van der Waals surface area contributed by atoms with Crippen molar-refractivity contribution in [3.63, 3.8) is 0 Å². The zero-order valence-electron chi connectivity index (χ0n) is 11.6. The molecule has 0 aliphatic rings. The zero-order valence-corrected chi connectivity index (χ0v) is 11.6. The van der Waals surface area contributed by atoms with Crippen LogP contribution >= 0.6 is 0 Å². The summed E-state index contributed by atoms with van der Waals surface area (Å²) < 4.78 is 0. The van der Waals surface area contributed by atoms with Crippen LogP contribution in [-0.4, -0.2) is 34.8 Å². The summed E-state index contributed by atoms with van der Waals surface area (Å²) in [5.41, 5.74) is 2.24. The molecule has 19 heavy (non-hydrogen) atoms. The van der Waals surface area contributed by atoms with Crippen molar-refractivity contribution in [2.24, 2.45) is 0 Å². The Hall–Kier alpha value is -2.17. The van der Waals surface area contributed by atoms with Gasteiger partial charge < -0.3 is 10.2 Å². The highest BCUT2D eigenvalue weighted by Gasteiger charge is 2.20. The second kappa shape index (κ2) is 6.68. The lowest BCUT2D eigenvalue weighted by molar-refractivity contribution is -0.142. The van der Waals surface area contributed by atoms with Gasteiger partial charge in [0.25, 0.3) is 0 Å². The molecule has 0 atom stereocenters. The third-order valence-corrected chi connectivity index (χ3v) is 2.59. The molecule has 0 saturated carbocycles. The Kier molecular flexibility index (Phi) is 5.23. The smallest absolute Gasteiger partial charge is 0.313 e. The molecule has 0 bridgehead atoms. The molecular formula is C14H19N3O2. The number of amides is 2. The van der Waals surface area contributed by atoms with Crippen molar-refractivity contribution in [1.29, 1.82) is 0 Å². The Labute approximate surface area is 113 Å². The summed E-state index contributed by atoms with van der Waals surface area (Å²) in [6.45, 7) is 10.1. The maximum absolute atomic E-state index is 12.0. The van der Waals surface area contributed by atoms with Gasteiger partial charge in [0.1, 0.15) is 0 Å². The van der Waals surface area contributed by atoms with Crippen molar-refractivity contribution in [2.45, 2.75) is 20.8 Å². The van der Waals surface area contributed by atoms with Crippen molar-refractivity contribution < 1.29 is 9.59 Å². The van der Waals surface area contributed by atoms with Gasteiger partial charge in [-0.05, 0) is 32.4 Å².